The average Bonchev–Trinajstić information content (AvgIpc) is 1.85. The van der Waals surface area contributed by atoms with Crippen LogP contribution in [0.4, 0.5) is 0 Å². The van der Waals surface area contributed by atoms with Crippen molar-refractivity contribution in [3.63, 3.8) is 0 Å². The summed E-state index contributed by atoms with van der Waals surface area (Å²) in [4.78, 5) is 8.17. The maximum absolute atomic E-state index is 4.12. The smallest absolute Gasteiger partial charge is 0.0662 e. The van der Waals surface area contributed by atoms with E-state index in [1.165, 1.54) is 0 Å². The summed E-state index contributed by atoms with van der Waals surface area (Å²) < 4.78 is 0. The lowest BCUT2D eigenvalue weighted by Crippen LogP contribution is -2.01. The highest BCUT2D eigenvalue weighted by molar-refractivity contribution is 5.54. The topological polar surface area (TPSA) is 24.7 Å². The fraction of sp³-hybridized carbons (Fsp3) is 0.714. The molecule has 0 saturated carbocycles. The van der Waals surface area contributed by atoms with Crippen LogP contribution in [0.2, 0.25) is 0 Å². The summed E-state index contributed by atoms with van der Waals surface area (Å²) in [7, 11) is 0. The lowest BCUT2D eigenvalue weighted by molar-refractivity contribution is 0.760. The lowest BCUT2D eigenvalue weighted by atomic mass is 10.4. The maximum Gasteiger partial charge on any atom is 0.0662 e. The maximum atomic E-state index is 4.12. The van der Waals surface area contributed by atoms with Crippen LogP contribution in [0.3, 0.4) is 0 Å². The van der Waals surface area contributed by atoms with E-state index in [2.05, 4.69) is 9.98 Å². The monoisotopic (exact) mass is 126 g/mol. The van der Waals surface area contributed by atoms with Gasteiger partial charge in [0.25, 0.3) is 0 Å². The van der Waals surface area contributed by atoms with E-state index in [1.54, 1.807) is 0 Å². The Labute approximate surface area is 56.7 Å². The SMILES string of the molecule is CC=NCC(C)N=CC. The molecule has 0 radical (unpaired) electrons. The van der Waals surface area contributed by atoms with Crippen LogP contribution in [0.15, 0.2) is 9.98 Å². The summed E-state index contributed by atoms with van der Waals surface area (Å²) >= 11 is 0. The molecule has 0 aromatic rings. The second-order valence-corrected chi connectivity index (χ2v) is 1.88. The zero-order valence-corrected chi connectivity index (χ0v) is 6.33. The average molecular weight is 126 g/mol. The Kier molecular flexibility index (Phi) is 5.07. The van der Waals surface area contributed by atoms with Crippen LogP contribution in [0, 0.1) is 0 Å². The van der Waals surface area contributed by atoms with Crippen LogP contribution in [-0.4, -0.2) is 25.0 Å². The number of aliphatic imine (C=N–C) groups is 2. The van der Waals surface area contributed by atoms with Crippen LogP contribution in [0.1, 0.15) is 20.8 Å². The molecule has 52 valence electrons. The van der Waals surface area contributed by atoms with E-state index in [-0.39, 0.29) is 0 Å². The molecule has 0 aliphatic carbocycles. The molecule has 1 atom stereocenters. The molecule has 9 heavy (non-hydrogen) atoms. The Morgan fingerprint density at radius 3 is 2.44 bits per heavy atom. The van der Waals surface area contributed by atoms with E-state index in [0.717, 1.165) is 6.54 Å². The van der Waals surface area contributed by atoms with Gasteiger partial charge in [-0.1, -0.05) is 0 Å². The third-order valence-electron chi connectivity index (χ3n) is 0.956. The van der Waals surface area contributed by atoms with Crippen molar-refractivity contribution in [2.45, 2.75) is 26.8 Å². The first kappa shape index (κ1) is 8.34. The van der Waals surface area contributed by atoms with E-state index in [1.807, 2.05) is 33.2 Å². The Hall–Kier alpha value is -0.660. The lowest BCUT2D eigenvalue weighted by Gasteiger charge is -1.97. The summed E-state index contributed by atoms with van der Waals surface area (Å²) in [6, 6.07) is 0.339. The van der Waals surface area contributed by atoms with Gasteiger partial charge in [-0.25, -0.2) is 0 Å². The van der Waals surface area contributed by atoms with Crippen molar-refractivity contribution >= 4 is 12.4 Å². The number of hydrogen-bond donors (Lipinski definition) is 0. The first-order valence-corrected chi connectivity index (χ1v) is 3.23. The second-order valence-electron chi connectivity index (χ2n) is 1.88. The van der Waals surface area contributed by atoms with E-state index in [9.17, 15) is 0 Å². The molecule has 1 unspecified atom stereocenters. The Morgan fingerprint density at radius 2 is 2.00 bits per heavy atom. The highest BCUT2D eigenvalue weighted by Crippen LogP contribution is 1.87. The summed E-state index contributed by atoms with van der Waals surface area (Å²) in [6.07, 6.45) is 3.62. The van der Waals surface area contributed by atoms with Gasteiger partial charge in [-0.15, -0.1) is 0 Å². The highest BCUT2D eigenvalue weighted by Gasteiger charge is 1.90. The van der Waals surface area contributed by atoms with E-state index in [4.69, 9.17) is 0 Å². The van der Waals surface area contributed by atoms with Crippen LogP contribution in [0.25, 0.3) is 0 Å². The molecule has 0 heterocycles. The van der Waals surface area contributed by atoms with E-state index < -0.39 is 0 Å². The number of rotatable bonds is 3. The van der Waals surface area contributed by atoms with Crippen LogP contribution >= 0.6 is 0 Å². The Balaban J connectivity index is 3.37. The van der Waals surface area contributed by atoms with Crippen LogP contribution in [-0.2, 0) is 0 Å². The molecular formula is C7H14N2. The standard InChI is InChI=1S/C7H14N2/c1-4-8-6-7(3)9-5-2/h4-5,7H,6H2,1-3H3. The van der Waals surface area contributed by atoms with Crippen LogP contribution in [0.5, 0.6) is 0 Å². The molecule has 0 saturated heterocycles. The minimum absolute atomic E-state index is 0.339. The fourth-order valence-corrected chi connectivity index (χ4v) is 0.560. The fourth-order valence-electron chi connectivity index (χ4n) is 0.560. The normalized spacial score (nSPS) is 15.4. The molecule has 0 aromatic carbocycles. The molecular weight excluding hydrogens is 112 g/mol. The van der Waals surface area contributed by atoms with Gasteiger partial charge in [0.15, 0.2) is 0 Å². The predicted molar refractivity (Wildman–Crippen MR) is 42.7 cm³/mol. The zero-order valence-electron chi connectivity index (χ0n) is 6.33. The summed E-state index contributed by atoms with van der Waals surface area (Å²) in [6.45, 7) is 6.70. The first-order chi connectivity index (χ1) is 4.31. The van der Waals surface area contributed by atoms with Gasteiger partial charge in [-0.3, -0.25) is 9.98 Å². The molecule has 2 heteroatoms. The Morgan fingerprint density at radius 1 is 1.33 bits per heavy atom. The number of hydrogen-bond acceptors (Lipinski definition) is 2. The quantitative estimate of drug-likeness (QED) is 0.513. The summed E-state index contributed by atoms with van der Waals surface area (Å²) in [5, 5.41) is 0. The van der Waals surface area contributed by atoms with Crippen molar-refractivity contribution in [2.24, 2.45) is 9.98 Å². The second kappa shape index (κ2) is 5.48. The van der Waals surface area contributed by atoms with Crippen LogP contribution < -0.4 is 0 Å². The molecule has 0 aliphatic heterocycles. The van der Waals surface area contributed by atoms with Crippen molar-refractivity contribution in [2.75, 3.05) is 6.54 Å². The van der Waals surface area contributed by atoms with Crippen molar-refractivity contribution < 1.29 is 0 Å². The molecule has 0 rings (SSSR count). The molecule has 2 nitrogen and oxygen atoms in total. The molecule has 0 aromatic heterocycles. The molecule has 0 N–H and O–H groups in total. The van der Waals surface area contributed by atoms with Gasteiger partial charge in [0, 0.05) is 0 Å². The van der Waals surface area contributed by atoms with Gasteiger partial charge in [-0.05, 0) is 33.2 Å². The van der Waals surface area contributed by atoms with E-state index in [0.29, 0.717) is 6.04 Å². The first-order valence-electron chi connectivity index (χ1n) is 3.23. The molecule has 0 aliphatic rings. The van der Waals surface area contributed by atoms with Crippen molar-refractivity contribution in [3.05, 3.63) is 0 Å². The molecule has 0 bridgehead atoms. The van der Waals surface area contributed by atoms with Gasteiger partial charge < -0.3 is 0 Å². The zero-order chi connectivity index (χ0) is 7.11. The van der Waals surface area contributed by atoms with Crippen molar-refractivity contribution in [1.29, 1.82) is 0 Å². The molecule has 0 fully saturated rings. The number of nitrogens with zero attached hydrogens (tertiary/aromatic N) is 2. The molecule has 0 amide bonds. The van der Waals surface area contributed by atoms with Gasteiger partial charge in [-0.2, -0.15) is 0 Å². The summed E-state index contributed by atoms with van der Waals surface area (Å²) in [5.41, 5.74) is 0. The van der Waals surface area contributed by atoms with Gasteiger partial charge in [0.2, 0.25) is 0 Å². The predicted octanol–water partition coefficient (Wildman–Crippen LogP) is 1.56. The highest BCUT2D eigenvalue weighted by atomic mass is 14.8. The van der Waals surface area contributed by atoms with Gasteiger partial charge in [0.1, 0.15) is 0 Å². The third kappa shape index (κ3) is 5.21. The minimum atomic E-state index is 0.339. The Bertz CT molecular complexity index is 105. The van der Waals surface area contributed by atoms with Crippen molar-refractivity contribution in [1.82, 2.24) is 0 Å². The largest absolute Gasteiger partial charge is 0.296 e. The van der Waals surface area contributed by atoms with E-state index >= 15 is 0 Å². The van der Waals surface area contributed by atoms with Gasteiger partial charge >= 0.3 is 0 Å². The minimum Gasteiger partial charge on any atom is -0.296 e. The third-order valence-corrected chi connectivity index (χ3v) is 0.956. The molecule has 0 spiro atoms. The summed E-state index contributed by atoms with van der Waals surface area (Å²) in [5.74, 6) is 0. The van der Waals surface area contributed by atoms with Gasteiger partial charge in [0.05, 0.1) is 12.6 Å². The van der Waals surface area contributed by atoms with Crippen molar-refractivity contribution in [3.8, 4) is 0 Å².